The predicted octanol–water partition coefficient (Wildman–Crippen LogP) is 1.54. The summed E-state index contributed by atoms with van der Waals surface area (Å²) in [7, 11) is 0. The van der Waals surface area contributed by atoms with Gasteiger partial charge in [0, 0.05) is 17.9 Å². The van der Waals surface area contributed by atoms with E-state index in [0.29, 0.717) is 11.8 Å². The summed E-state index contributed by atoms with van der Waals surface area (Å²) in [5.74, 6) is 2.57. The number of hydrogen-bond donors (Lipinski definition) is 1. The van der Waals surface area contributed by atoms with Crippen LogP contribution in [0.25, 0.3) is 0 Å². The molecule has 1 heterocycles. The lowest BCUT2D eigenvalue weighted by Crippen LogP contribution is -2.23. The summed E-state index contributed by atoms with van der Waals surface area (Å²) >= 11 is 0. The minimum absolute atomic E-state index is 0.236. The monoisotopic (exact) mass is 193 g/mol. The summed E-state index contributed by atoms with van der Waals surface area (Å²) in [6, 6.07) is 0.236. The zero-order chi connectivity index (χ0) is 9.54. The predicted molar refractivity (Wildman–Crippen MR) is 50.8 cm³/mol. The second kappa shape index (κ2) is 3.05. The summed E-state index contributed by atoms with van der Waals surface area (Å²) in [5, 5.41) is 4.04. The van der Waals surface area contributed by atoms with Crippen LogP contribution >= 0.6 is 0 Å². The lowest BCUT2D eigenvalue weighted by atomic mass is 10.0. The summed E-state index contributed by atoms with van der Waals surface area (Å²) in [4.78, 5) is 4.45. The summed E-state index contributed by atoms with van der Waals surface area (Å²) < 4.78 is 5.23. The van der Waals surface area contributed by atoms with Gasteiger partial charge in [-0.2, -0.15) is 4.98 Å². The van der Waals surface area contributed by atoms with Gasteiger partial charge in [0.2, 0.25) is 5.89 Å². The Labute approximate surface area is 82.9 Å². The third kappa shape index (κ3) is 1.34. The Morgan fingerprint density at radius 3 is 2.71 bits per heavy atom. The molecule has 0 unspecified atom stereocenters. The Bertz CT molecular complexity index is 332. The standard InChI is InChI=1S/C10H15N3O/c11-8-3-1-2-7(8)9-12-10(14-13-9)6-4-5-6/h6-8H,1-5,11H2/t7-,8-/m1/s1. The molecule has 2 N–H and O–H groups in total. The van der Waals surface area contributed by atoms with Crippen LogP contribution in [0, 0.1) is 0 Å². The Kier molecular flexibility index (Phi) is 1.83. The van der Waals surface area contributed by atoms with Crippen molar-refractivity contribution in [2.45, 2.75) is 50.0 Å². The molecule has 2 aliphatic carbocycles. The normalized spacial score (nSPS) is 32.4. The average molecular weight is 193 g/mol. The fourth-order valence-electron chi connectivity index (χ4n) is 2.20. The second-order valence-electron chi connectivity index (χ2n) is 4.47. The van der Waals surface area contributed by atoms with E-state index in [1.165, 1.54) is 19.3 Å². The van der Waals surface area contributed by atoms with Crippen molar-refractivity contribution in [3.05, 3.63) is 11.7 Å². The van der Waals surface area contributed by atoms with Gasteiger partial charge in [0.25, 0.3) is 0 Å². The first kappa shape index (κ1) is 8.41. The maximum absolute atomic E-state index is 5.99. The van der Waals surface area contributed by atoms with Crippen LogP contribution in [0.3, 0.4) is 0 Å². The molecule has 0 spiro atoms. The fourth-order valence-corrected chi connectivity index (χ4v) is 2.20. The third-order valence-corrected chi connectivity index (χ3v) is 3.29. The summed E-state index contributed by atoms with van der Waals surface area (Å²) in [6.45, 7) is 0. The maximum atomic E-state index is 5.99. The van der Waals surface area contributed by atoms with Crippen molar-refractivity contribution < 1.29 is 4.52 Å². The summed E-state index contributed by atoms with van der Waals surface area (Å²) in [5.41, 5.74) is 5.99. The topological polar surface area (TPSA) is 64.9 Å². The zero-order valence-corrected chi connectivity index (χ0v) is 8.15. The molecule has 2 fully saturated rings. The highest BCUT2D eigenvalue weighted by molar-refractivity contribution is 5.07. The van der Waals surface area contributed by atoms with Gasteiger partial charge < -0.3 is 10.3 Å². The number of nitrogens with two attached hydrogens (primary N) is 1. The van der Waals surface area contributed by atoms with Gasteiger partial charge in [-0.05, 0) is 25.7 Å². The minimum Gasteiger partial charge on any atom is -0.339 e. The molecule has 14 heavy (non-hydrogen) atoms. The van der Waals surface area contributed by atoms with Crippen molar-refractivity contribution in [1.82, 2.24) is 10.1 Å². The SMILES string of the molecule is N[C@@H]1CCC[C@H]1c1noc(C2CC2)n1. The molecule has 0 bridgehead atoms. The van der Waals surface area contributed by atoms with Crippen molar-refractivity contribution in [3.8, 4) is 0 Å². The van der Waals surface area contributed by atoms with Crippen LogP contribution in [0.1, 0.15) is 55.7 Å². The van der Waals surface area contributed by atoms with Crippen LogP contribution in [0.5, 0.6) is 0 Å². The van der Waals surface area contributed by atoms with E-state index in [-0.39, 0.29) is 6.04 Å². The maximum Gasteiger partial charge on any atom is 0.229 e. The highest BCUT2D eigenvalue weighted by Crippen LogP contribution is 2.40. The van der Waals surface area contributed by atoms with Gasteiger partial charge in [-0.3, -0.25) is 0 Å². The van der Waals surface area contributed by atoms with Gasteiger partial charge in [-0.15, -0.1) is 0 Å². The number of nitrogens with zero attached hydrogens (tertiary/aromatic N) is 2. The first-order chi connectivity index (χ1) is 6.84. The lowest BCUT2D eigenvalue weighted by molar-refractivity contribution is 0.369. The van der Waals surface area contributed by atoms with E-state index >= 15 is 0 Å². The third-order valence-electron chi connectivity index (χ3n) is 3.29. The fraction of sp³-hybridized carbons (Fsp3) is 0.800. The van der Waals surface area contributed by atoms with Crippen LogP contribution in [0.15, 0.2) is 4.52 Å². The molecule has 4 nitrogen and oxygen atoms in total. The van der Waals surface area contributed by atoms with E-state index in [2.05, 4.69) is 10.1 Å². The molecule has 1 aromatic rings. The molecule has 0 aliphatic heterocycles. The molecule has 1 aromatic heterocycles. The molecule has 4 heteroatoms. The molecule has 2 saturated carbocycles. The van der Waals surface area contributed by atoms with E-state index in [9.17, 15) is 0 Å². The molecule has 0 saturated heterocycles. The molecule has 76 valence electrons. The smallest absolute Gasteiger partial charge is 0.229 e. The Balaban J connectivity index is 1.81. The number of rotatable bonds is 2. The molecule has 0 amide bonds. The molecular formula is C10H15N3O. The van der Waals surface area contributed by atoms with E-state index < -0.39 is 0 Å². The van der Waals surface area contributed by atoms with Crippen LogP contribution < -0.4 is 5.73 Å². The van der Waals surface area contributed by atoms with Crippen LogP contribution in [-0.4, -0.2) is 16.2 Å². The number of aromatic nitrogens is 2. The van der Waals surface area contributed by atoms with E-state index in [4.69, 9.17) is 10.3 Å². The highest BCUT2D eigenvalue weighted by Gasteiger charge is 2.33. The van der Waals surface area contributed by atoms with Crippen molar-refractivity contribution in [3.63, 3.8) is 0 Å². The molecule has 0 radical (unpaired) electrons. The van der Waals surface area contributed by atoms with Gasteiger partial charge in [0.1, 0.15) is 0 Å². The lowest BCUT2D eigenvalue weighted by Gasteiger charge is -2.09. The van der Waals surface area contributed by atoms with Crippen LogP contribution in [-0.2, 0) is 0 Å². The Hall–Kier alpha value is -0.900. The highest BCUT2D eigenvalue weighted by atomic mass is 16.5. The molecular weight excluding hydrogens is 178 g/mol. The summed E-state index contributed by atoms with van der Waals surface area (Å²) in [6.07, 6.45) is 5.82. The first-order valence-electron chi connectivity index (χ1n) is 5.43. The van der Waals surface area contributed by atoms with Crippen LogP contribution in [0.2, 0.25) is 0 Å². The molecule has 2 atom stereocenters. The van der Waals surface area contributed by atoms with Gasteiger partial charge in [-0.1, -0.05) is 11.6 Å². The van der Waals surface area contributed by atoms with E-state index in [1.54, 1.807) is 0 Å². The van der Waals surface area contributed by atoms with Gasteiger partial charge in [-0.25, -0.2) is 0 Å². The zero-order valence-electron chi connectivity index (χ0n) is 8.15. The largest absolute Gasteiger partial charge is 0.339 e. The number of hydrogen-bond acceptors (Lipinski definition) is 4. The second-order valence-corrected chi connectivity index (χ2v) is 4.47. The molecule has 0 aromatic carbocycles. The van der Waals surface area contributed by atoms with Crippen molar-refractivity contribution in [2.24, 2.45) is 5.73 Å². The van der Waals surface area contributed by atoms with Gasteiger partial charge in [0.15, 0.2) is 5.82 Å². The van der Waals surface area contributed by atoms with E-state index in [1.807, 2.05) is 0 Å². The Morgan fingerprint density at radius 1 is 1.21 bits per heavy atom. The first-order valence-corrected chi connectivity index (χ1v) is 5.43. The van der Waals surface area contributed by atoms with Gasteiger partial charge in [0.05, 0.1) is 0 Å². The quantitative estimate of drug-likeness (QED) is 0.773. The molecule has 2 aliphatic rings. The van der Waals surface area contributed by atoms with Crippen LogP contribution in [0.4, 0.5) is 0 Å². The van der Waals surface area contributed by atoms with Crippen molar-refractivity contribution in [2.75, 3.05) is 0 Å². The van der Waals surface area contributed by atoms with Crippen molar-refractivity contribution in [1.29, 1.82) is 0 Å². The van der Waals surface area contributed by atoms with E-state index in [0.717, 1.165) is 24.6 Å². The molecule has 3 rings (SSSR count). The Morgan fingerprint density at radius 2 is 2.07 bits per heavy atom. The van der Waals surface area contributed by atoms with Gasteiger partial charge >= 0.3 is 0 Å². The minimum atomic E-state index is 0.236. The van der Waals surface area contributed by atoms with Crippen molar-refractivity contribution >= 4 is 0 Å². The average Bonchev–Trinajstić information content (AvgIpc) is 2.75.